The first-order valence-corrected chi connectivity index (χ1v) is 10.4. The van der Waals surface area contributed by atoms with Crippen molar-refractivity contribution in [3.05, 3.63) is 71.5 Å². The van der Waals surface area contributed by atoms with Crippen molar-refractivity contribution in [1.29, 1.82) is 0 Å². The number of rotatable bonds is 6. The zero-order valence-electron chi connectivity index (χ0n) is 17.5. The van der Waals surface area contributed by atoms with E-state index in [0.29, 0.717) is 11.7 Å². The summed E-state index contributed by atoms with van der Waals surface area (Å²) in [6.45, 7) is 7.65. The molecule has 1 spiro atoms. The van der Waals surface area contributed by atoms with Crippen LogP contribution in [0.4, 0.5) is 0 Å². The van der Waals surface area contributed by atoms with Crippen LogP contribution in [-0.2, 0) is 13.1 Å². The fraction of sp³-hybridized carbons (Fsp3) is 0.435. The topological polar surface area (TPSA) is 67.5 Å². The van der Waals surface area contributed by atoms with Gasteiger partial charge in [0.15, 0.2) is 5.82 Å². The third-order valence-corrected chi connectivity index (χ3v) is 6.26. The van der Waals surface area contributed by atoms with E-state index in [0.717, 1.165) is 50.9 Å². The molecule has 2 saturated heterocycles. The van der Waals surface area contributed by atoms with Crippen LogP contribution in [0.2, 0.25) is 0 Å². The highest BCUT2D eigenvalue weighted by molar-refractivity contribution is 5.21. The molecule has 156 valence electrons. The van der Waals surface area contributed by atoms with Gasteiger partial charge < -0.3 is 9.26 Å². The van der Waals surface area contributed by atoms with Crippen molar-refractivity contribution in [3.63, 3.8) is 0 Å². The predicted molar refractivity (Wildman–Crippen MR) is 112 cm³/mol. The van der Waals surface area contributed by atoms with E-state index < -0.39 is 0 Å². The smallest absolute Gasteiger partial charge is 0.231 e. The molecule has 0 radical (unpaired) electrons. The molecule has 0 N–H and O–H groups in total. The zero-order valence-corrected chi connectivity index (χ0v) is 17.5. The summed E-state index contributed by atoms with van der Waals surface area (Å²) in [5.74, 6) is 2.41. The van der Waals surface area contributed by atoms with Gasteiger partial charge in [-0.05, 0) is 18.6 Å². The summed E-state index contributed by atoms with van der Waals surface area (Å²) in [6, 6.07) is 16.6. The van der Waals surface area contributed by atoms with Gasteiger partial charge in [-0.3, -0.25) is 9.80 Å². The van der Waals surface area contributed by atoms with Crippen LogP contribution >= 0.6 is 0 Å². The summed E-state index contributed by atoms with van der Waals surface area (Å²) in [6.07, 6.45) is 0. The minimum absolute atomic E-state index is 0.145. The van der Waals surface area contributed by atoms with Crippen LogP contribution in [0.15, 0.2) is 53.1 Å². The summed E-state index contributed by atoms with van der Waals surface area (Å²) in [5.41, 5.74) is 2.52. The van der Waals surface area contributed by atoms with Crippen molar-refractivity contribution >= 4 is 0 Å². The standard InChI is InChI=1S/C23H27N5O2/c1-17-24-22(30-26-17)20-13-27(11-18-7-4-3-5-8-18)14-23(20)15-28(16-23)12-19-9-6-10-21(25-19)29-2/h3-10,20H,11-16H2,1-2H3. The summed E-state index contributed by atoms with van der Waals surface area (Å²) in [7, 11) is 1.65. The van der Waals surface area contributed by atoms with E-state index in [1.807, 2.05) is 19.1 Å². The van der Waals surface area contributed by atoms with Gasteiger partial charge in [0.1, 0.15) is 0 Å². The van der Waals surface area contributed by atoms with E-state index in [-0.39, 0.29) is 11.3 Å². The Balaban J connectivity index is 1.31. The van der Waals surface area contributed by atoms with Crippen LogP contribution in [0.5, 0.6) is 5.88 Å². The molecule has 1 aromatic carbocycles. The quantitative estimate of drug-likeness (QED) is 0.625. The number of nitrogens with zero attached hydrogens (tertiary/aromatic N) is 5. The maximum absolute atomic E-state index is 5.63. The molecular formula is C23H27N5O2. The SMILES string of the molecule is COc1cccc(CN2CC3(CN(Cc4ccccc4)CC3c3nc(C)no3)C2)n1. The Kier molecular flexibility index (Phi) is 5.00. The van der Waals surface area contributed by atoms with Gasteiger partial charge in [0.05, 0.1) is 18.7 Å². The molecule has 0 saturated carbocycles. The summed E-state index contributed by atoms with van der Waals surface area (Å²) >= 11 is 0. The first-order chi connectivity index (χ1) is 14.6. The molecule has 3 aromatic rings. The van der Waals surface area contributed by atoms with Crippen molar-refractivity contribution in [2.75, 3.05) is 33.3 Å². The number of benzene rings is 1. The molecule has 2 aliphatic heterocycles. The van der Waals surface area contributed by atoms with Gasteiger partial charge in [0.25, 0.3) is 0 Å². The maximum atomic E-state index is 5.63. The molecule has 0 amide bonds. The minimum Gasteiger partial charge on any atom is -0.481 e. The fourth-order valence-corrected chi connectivity index (χ4v) is 4.99. The third-order valence-electron chi connectivity index (χ3n) is 6.26. The molecule has 7 heteroatoms. The molecule has 2 aliphatic rings. The molecule has 1 atom stereocenters. The molecule has 0 aliphatic carbocycles. The van der Waals surface area contributed by atoms with Crippen LogP contribution in [0.3, 0.4) is 0 Å². The molecule has 1 unspecified atom stereocenters. The van der Waals surface area contributed by atoms with E-state index in [1.54, 1.807) is 7.11 Å². The van der Waals surface area contributed by atoms with Gasteiger partial charge >= 0.3 is 0 Å². The Morgan fingerprint density at radius 2 is 1.80 bits per heavy atom. The van der Waals surface area contributed by atoms with Crippen molar-refractivity contribution < 1.29 is 9.26 Å². The number of likely N-dealkylation sites (tertiary alicyclic amines) is 2. The van der Waals surface area contributed by atoms with Crippen molar-refractivity contribution in [3.8, 4) is 5.88 Å². The normalized spacial score (nSPS) is 21.1. The number of ether oxygens (including phenoxy) is 1. The van der Waals surface area contributed by atoms with E-state index in [2.05, 4.69) is 61.3 Å². The maximum Gasteiger partial charge on any atom is 0.231 e. The predicted octanol–water partition coefficient (Wildman–Crippen LogP) is 2.88. The van der Waals surface area contributed by atoms with Crippen LogP contribution in [0.1, 0.15) is 28.9 Å². The lowest BCUT2D eigenvalue weighted by Crippen LogP contribution is -2.59. The van der Waals surface area contributed by atoms with E-state index >= 15 is 0 Å². The number of methoxy groups -OCH3 is 1. The third kappa shape index (κ3) is 3.70. The zero-order chi connectivity index (χ0) is 20.6. The second-order valence-corrected chi connectivity index (χ2v) is 8.57. The van der Waals surface area contributed by atoms with Crippen LogP contribution in [-0.4, -0.2) is 58.2 Å². The highest BCUT2D eigenvalue weighted by Gasteiger charge is 2.56. The van der Waals surface area contributed by atoms with Gasteiger partial charge in [-0.1, -0.05) is 41.6 Å². The summed E-state index contributed by atoms with van der Waals surface area (Å²) in [4.78, 5) is 14.1. The average molecular weight is 406 g/mol. The molecule has 4 heterocycles. The number of pyridine rings is 1. The molecule has 7 nitrogen and oxygen atoms in total. The van der Waals surface area contributed by atoms with E-state index in [4.69, 9.17) is 9.26 Å². The van der Waals surface area contributed by atoms with Crippen LogP contribution in [0.25, 0.3) is 0 Å². The lowest BCUT2D eigenvalue weighted by Gasteiger charge is -2.50. The largest absolute Gasteiger partial charge is 0.481 e. The Morgan fingerprint density at radius 3 is 2.53 bits per heavy atom. The Bertz CT molecular complexity index is 1000. The Hall–Kier alpha value is -2.77. The van der Waals surface area contributed by atoms with Crippen molar-refractivity contribution in [2.24, 2.45) is 5.41 Å². The fourth-order valence-electron chi connectivity index (χ4n) is 4.99. The second-order valence-electron chi connectivity index (χ2n) is 8.57. The molecule has 5 rings (SSSR count). The number of hydrogen-bond donors (Lipinski definition) is 0. The highest BCUT2D eigenvalue weighted by Crippen LogP contribution is 2.49. The van der Waals surface area contributed by atoms with Crippen molar-refractivity contribution in [1.82, 2.24) is 24.9 Å². The highest BCUT2D eigenvalue weighted by atomic mass is 16.5. The number of hydrogen-bond acceptors (Lipinski definition) is 7. The monoisotopic (exact) mass is 405 g/mol. The van der Waals surface area contributed by atoms with E-state index in [9.17, 15) is 0 Å². The first-order valence-electron chi connectivity index (χ1n) is 10.4. The van der Waals surface area contributed by atoms with Crippen LogP contribution < -0.4 is 4.74 Å². The Labute approximate surface area is 176 Å². The minimum atomic E-state index is 0.145. The molecule has 0 bridgehead atoms. The van der Waals surface area contributed by atoms with Gasteiger partial charge in [0.2, 0.25) is 11.8 Å². The van der Waals surface area contributed by atoms with Gasteiger partial charge in [-0.25, -0.2) is 4.98 Å². The summed E-state index contributed by atoms with van der Waals surface area (Å²) in [5, 5.41) is 4.06. The molecule has 2 fully saturated rings. The van der Waals surface area contributed by atoms with Gasteiger partial charge in [0, 0.05) is 50.7 Å². The lowest BCUT2D eigenvalue weighted by atomic mass is 9.71. The molecule has 2 aromatic heterocycles. The van der Waals surface area contributed by atoms with Crippen LogP contribution in [0, 0.1) is 12.3 Å². The lowest BCUT2D eigenvalue weighted by molar-refractivity contribution is -0.0158. The second kappa shape index (κ2) is 7.81. The van der Waals surface area contributed by atoms with Crippen molar-refractivity contribution in [2.45, 2.75) is 25.9 Å². The Morgan fingerprint density at radius 1 is 1.00 bits per heavy atom. The average Bonchev–Trinajstić information content (AvgIpc) is 3.32. The molecular weight excluding hydrogens is 378 g/mol. The van der Waals surface area contributed by atoms with Gasteiger partial charge in [-0.2, -0.15) is 4.98 Å². The summed E-state index contributed by atoms with van der Waals surface area (Å²) < 4.78 is 10.9. The number of aromatic nitrogens is 3. The molecule has 30 heavy (non-hydrogen) atoms. The van der Waals surface area contributed by atoms with E-state index in [1.165, 1.54) is 5.56 Å². The number of aryl methyl sites for hydroxylation is 1. The first kappa shape index (κ1) is 19.2. The van der Waals surface area contributed by atoms with Gasteiger partial charge in [-0.15, -0.1) is 0 Å².